The minimum atomic E-state index is -0.700. The Morgan fingerprint density at radius 3 is 2.69 bits per heavy atom. The first-order valence-corrected chi connectivity index (χ1v) is 6.34. The van der Waals surface area contributed by atoms with Gasteiger partial charge in [-0.3, -0.25) is 0 Å². The normalized spacial score (nSPS) is 26.3. The van der Waals surface area contributed by atoms with Gasteiger partial charge in [0.25, 0.3) is 0 Å². The van der Waals surface area contributed by atoms with Gasteiger partial charge in [-0.2, -0.15) is 0 Å². The zero-order valence-corrected chi connectivity index (χ0v) is 9.65. The van der Waals surface area contributed by atoms with Crippen molar-refractivity contribution in [1.82, 2.24) is 0 Å². The van der Waals surface area contributed by atoms with E-state index in [1.807, 2.05) is 0 Å². The number of ether oxygens (including phenoxy) is 1. The van der Waals surface area contributed by atoms with Gasteiger partial charge in [0, 0.05) is 12.5 Å². The molecule has 0 spiro atoms. The molecular weight excluding hydrogens is 184 g/mol. The SMILES string of the molecule is CCC(C)(C)[S+]([O-])C[C@H]1CCOC1. The molecule has 0 amide bonds. The Kier molecular flexibility index (Phi) is 4.07. The third-order valence-electron chi connectivity index (χ3n) is 2.88. The highest BCUT2D eigenvalue weighted by molar-refractivity contribution is 7.92. The lowest BCUT2D eigenvalue weighted by Crippen LogP contribution is -2.35. The lowest BCUT2D eigenvalue weighted by molar-refractivity contribution is 0.188. The van der Waals surface area contributed by atoms with Crippen LogP contribution in [-0.2, 0) is 15.9 Å². The number of rotatable bonds is 4. The van der Waals surface area contributed by atoms with Crippen LogP contribution < -0.4 is 0 Å². The first kappa shape index (κ1) is 11.3. The van der Waals surface area contributed by atoms with Crippen molar-refractivity contribution in [1.29, 1.82) is 0 Å². The summed E-state index contributed by atoms with van der Waals surface area (Å²) < 4.78 is 17.2. The minimum Gasteiger partial charge on any atom is -0.616 e. The fourth-order valence-electron chi connectivity index (χ4n) is 1.32. The monoisotopic (exact) mass is 204 g/mol. The molecule has 1 heterocycles. The molecule has 2 nitrogen and oxygen atoms in total. The van der Waals surface area contributed by atoms with Crippen molar-refractivity contribution in [2.45, 2.75) is 38.4 Å². The van der Waals surface area contributed by atoms with Crippen molar-refractivity contribution in [3.05, 3.63) is 0 Å². The third kappa shape index (κ3) is 3.15. The topological polar surface area (TPSA) is 32.3 Å². The van der Waals surface area contributed by atoms with Crippen LogP contribution in [0.2, 0.25) is 0 Å². The van der Waals surface area contributed by atoms with Crippen LogP contribution in [0.25, 0.3) is 0 Å². The molecule has 0 aromatic carbocycles. The molecule has 0 N–H and O–H groups in total. The summed E-state index contributed by atoms with van der Waals surface area (Å²) in [5.74, 6) is 1.35. The number of hydrogen-bond donors (Lipinski definition) is 0. The van der Waals surface area contributed by atoms with Crippen molar-refractivity contribution in [2.24, 2.45) is 5.92 Å². The molecule has 2 atom stereocenters. The zero-order chi connectivity index (χ0) is 9.90. The Morgan fingerprint density at radius 2 is 2.23 bits per heavy atom. The maximum atomic E-state index is 11.9. The molecule has 0 bridgehead atoms. The van der Waals surface area contributed by atoms with Crippen LogP contribution in [0.3, 0.4) is 0 Å². The third-order valence-corrected chi connectivity index (χ3v) is 5.17. The van der Waals surface area contributed by atoms with Gasteiger partial charge in [-0.25, -0.2) is 0 Å². The maximum Gasteiger partial charge on any atom is 0.119 e. The van der Waals surface area contributed by atoms with Gasteiger partial charge >= 0.3 is 0 Å². The molecule has 1 rings (SSSR count). The van der Waals surface area contributed by atoms with E-state index in [2.05, 4.69) is 20.8 Å². The van der Waals surface area contributed by atoms with E-state index >= 15 is 0 Å². The Morgan fingerprint density at radius 1 is 1.54 bits per heavy atom. The van der Waals surface area contributed by atoms with Gasteiger partial charge in [0.1, 0.15) is 10.5 Å². The maximum absolute atomic E-state index is 11.9. The molecule has 0 saturated carbocycles. The molecule has 1 fully saturated rings. The Balaban J connectivity index is 2.34. The van der Waals surface area contributed by atoms with Crippen molar-refractivity contribution in [3.63, 3.8) is 0 Å². The Labute approximate surface area is 84.2 Å². The van der Waals surface area contributed by atoms with Crippen LogP contribution in [0.5, 0.6) is 0 Å². The molecule has 0 aromatic heterocycles. The van der Waals surface area contributed by atoms with Crippen LogP contribution in [-0.4, -0.2) is 28.3 Å². The van der Waals surface area contributed by atoms with Gasteiger partial charge in [0.2, 0.25) is 0 Å². The average molecular weight is 204 g/mol. The first-order chi connectivity index (χ1) is 6.06. The summed E-state index contributed by atoms with van der Waals surface area (Å²) in [5, 5.41) is 0. The van der Waals surface area contributed by atoms with Crippen molar-refractivity contribution in [3.8, 4) is 0 Å². The molecule has 78 valence electrons. The molecule has 0 aromatic rings. The molecule has 1 aliphatic heterocycles. The lowest BCUT2D eigenvalue weighted by atomic mass is 10.1. The van der Waals surface area contributed by atoms with E-state index < -0.39 is 11.2 Å². The fourth-order valence-corrected chi connectivity index (χ4v) is 2.78. The summed E-state index contributed by atoms with van der Waals surface area (Å²) in [6, 6.07) is 0. The van der Waals surface area contributed by atoms with E-state index in [-0.39, 0.29) is 4.75 Å². The second kappa shape index (κ2) is 4.67. The van der Waals surface area contributed by atoms with E-state index in [9.17, 15) is 4.55 Å². The highest BCUT2D eigenvalue weighted by atomic mass is 32.2. The quantitative estimate of drug-likeness (QED) is 0.656. The molecule has 1 aliphatic rings. The van der Waals surface area contributed by atoms with E-state index in [0.29, 0.717) is 5.92 Å². The van der Waals surface area contributed by atoms with Gasteiger partial charge in [0.05, 0.1) is 6.61 Å². The molecule has 1 unspecified atom stereocenters. The van der Waals surface area contributed by atoms with E-state index in [0.717, 1.165) is 31.8 Å². The van der Waals surface area contributed by atoms with Gasteiger partial charge < -0.3 is 9.29 Å². The molecule has 1 saturated heterocycles. The average Bonchev–Trinajstić information content (AvgIpc) is 2.57. The van der Waals surface area contributed by atoms with Gasteiger partial charge in [-0.15, -0.1) is 0 Å². The second-order valence-corrected chi connectivity index (χ2v) is 6.48. The highest BCUT2D eigenvalue weighted by Crippen LogP contribution is 2.25. The van der Waals surface area contributed by atoms with Gasteiger partial charge in [-0.05, 0) is 37.9 Å². The van der Waals surface area contributed by atoms with E-state index in [1.165, 1.54) is 0 Å². The summed E-state index contributed by atoms with van der Waals surface area (Å²) in [5.41, 5.74) is 0. The Hall–Kier alpha value is 0.270. The first-order valence-electron chi connectivity index (χ1n) is 5.02. The van der Waals surface area contributed by atoms with Gasteiger partial charge in [0.15, 0.2) is 0 Å². The second-order valence-electron chi connectivity index (χ2n) is 4.36. The summed E-state index contributed by atoms with van der Waals surface area (Å²) in [4.78, 5) is 0. The minimum absolute atomic E-state index is 0.0252. The molecule has 0 radical (unpaired) electrons. The van der Waals surface area contributed by atoms with Crippen LogP contribution in [0.1, 0.15) is 33.6 Å². The Bertz CT molecular complexity index is 153. The van der Waals surface area contributed by atoms with E-state index in [1.54, 1.807) is 0 Å². The van der Waals surface area contributed by atoms with Crippen molar-refractivity contribution >= 4 is 11.2 Å². The molecule has 0 aliphatic carbocycles. The smallest absolute Gasteiger partial charge is 0.119 e. The predicted molar refractivity (Wildman–Crippen MR) is 56.3 cm³/mol. The molecule has 3 heteroatoms. The number of hydrogen-bond acceptors (Lipinski definition) is 2. The van der Waals surface area contributed by atoms with Gasteiger partial charge in [-0.1, -0.05) is 6.92 Å². The van der Waals surface area contributed by atoms with E-state index in [4.69, 9.17) is 4.74 Å². The molecular formula is C10H20O2S. The summed E-state index contributed by atoms with van der Waals surface area (Å²) in [6.07, 6.45) is 2.07. The standard InChI is InChI=1S/C10H20O2S/c1-4-10(2,3)13(11)8-9-5-6-12-7-9/h9H,4-8H2,1-3H3/t9-,13?/m0/s1. The van der Waals surface area contributed by atoms with Crippen LogP contribution in [0.15, 0.2) is 0 Å². The summed E-state index contributed by atoms with van der Waals surface area (Å²) in [6.45, 7) is 7.93. The van der Waals surface area contributed by atoms with Crippen LogP contribution in [0.4, 0.5) is 0 Å². The van der Waals surface area contributed by atoms with Crippen LogP contribution in [0, 0.1) is 5.92 Å². The highest BCUT2D eigenvalue weighted by Gasteiger charge is 2.32. The summed E-state index contributed by atoms with van der Waals surface area (Å²) in [7, 11) is 0. The van der Waals surface area contributed by atoms with Crippen LogP contribution >= 0.6 is 0 Å². The summed E-state index contributed by atoms with van der Waals surface area (Å²) >= 11 is -0.700. The zero-order valence-electron chi connectivity index (χ0n) is 8.84. The largest absolute Gasteiger partial charge is 0.616 e. The fraction of sp³-hybridized carbons (Fsp3) is 1.00. The van der Waals surface area contributed by atoms with Crippen molar-refractivity contribution < 1.29 is 9.29 Å². The predicted octanol–water partition coefficient (Wildman–Crippen LogP) is 1.96. The van der Waals surface area contributed by atoms with Crippen molar-refractivity contribution in [2.75, 3.05) is 19.0 Å². The molecule has 13 heavy (non-hydrogen) atoms. The lowest BCUT2D eigenvalue weighted by Gasteiger charge is -2.28.